The van der Waals surface area contributed by atoms with Crippen LogP contribution in [0.4, 0.5) is 5.82 Å². The van der Waals surface area contributed by atoms with Crippen LogP contribution in [0, 0.1) is 0 Å². The average Bonchev–Trinajstić information content (AvgIpc) is 3.04. The quantitative estimate of drug-likeness (QED) is 0.666. The molecule has 0 radical (unpaired) electrons. The van der Waals surface area contributed by atoms with Crippen molar-refractivity contribution >= 4 is 32.8 Å². The summed E-state index contributed by atoms with van der Waals surface area (Å²) in [5, 5.41) is 10.8. The standard InChI is InChI=1S/C24H36N6O3S/c31-24(26-18-12-14-25-15-13-18)22-20-10-11-21(29-16-6-1-2-7-17-29)27-23(20)30(28-22)34(32,33)19-8-4-3-5-9-19/h10-11,18-19,25H,1-9,12-17H2,(H,26,31). The number of fused-ring (bicyclic) bond motifs is 1. The van der Waals surface area contributed by atoms with Gasteiger partial charge in [-0.15, -0.1) is 9.19 Å². The van der Waals surface area contributed by atoms with Crippen LogP contribution >= 0.6 is 0 Å². The zero-order chi connectivity index (χ0) is 23.5. The predicted octanol–water partition coefficient (Wildman–Crippen LogP) is 2.80. The fourth-order valence-electron chi connectivity index (χ4n) is 5.51. The number of aromatic nitrogens is 3. The van der Waals surface area contributed by atoms with Crippen molar-refractivity contribution in [1.82, 2.24) is 24.8 Å². The molecule has 2 aromatic rings. The minimum atomic E-state index is -3.75. The zero-order valence-electron chi connectivity index (χ0n) is 19.8. The van der Waals surface area contributed by atoms with Crippen LogP contribution in [-0.2, 0) is 10.0 Å². The number of nitrogens with zero attached hydrogens (tertiary/aromatic N) is 4. The van der Waals surface area contributed by atoms with E-state index in [0.29, 0.717) is 18.2 Å². The molecule has 2 aromatic heterocycles. The van der Waals surface area contributed by atoms with E-state index in [9.17, 15) is 13.2 Å². The van der Waals surface area contributed by atoms with Crippen LogP contribution in [0.3, 0.4) is 0 Å². The Morgan fingerprint density at radius 1 is 0.941 bits per heavy atom. The first-order valence-electron chi connectivity index (χ1n) is 12.9. The van der Waals surface area contributed by atoms with Gasteiger partial charge in [0.1, 0.15) is 5.82 Å². The number of hydrogen-bond donors (Lipinski definition) is 2. The highest BCUT2D eigenvalue weighted by molar-refractivity contribution is 7.90. The summed E-state index contributed by atoms with van der Waals surface area (Å²) in [5.41, 5.74) is 0.436. The summed E-state index contributed by atoms with van der Waals surface area (Å²) in [6.45, 7) is 3.53. The normalized spacial score (nSPS) is 21.5. The molecule has 4 heterocycles. The maximum Gasteiger partial charge on any atom is 0.272 e. The molecule has 3 aliphatic rings. The summed E-state index contributed by atoms with van der Waals surface area (Å²) in [6, 6.07) is 3.81. The van der Waals surface area contributed by atoms with Gasteiger partial charge in [0.05, 0.1) is 10.6 Å². The number of rotatable bonds is 5. The van der Waals surface area contributed by atoms with Crippen LogP contribution in [0.25, 0.3) is 11.0 Å². The third-order valence-corrected chi connectivity index (χ3v) is 9.57. The monoisotopic (exact) mass is 488 g/mol. The second kappa shape index (κ2) is 10.2. The Morgan fingerprint density at radius 2 is 1.62 bits per heavy atom. The van der Waals surface area contributed by atoms with Crippen molar-refractivity contribution in [3.63, 3.8) is 0 Å². The van der Waals surface area contributed by atoms with E-state index in [1.807, 2.05) is 12.1 Å². The molecule has 186 valence electrons. The molecule has 0 unspecified atom stereocenters. The smallest absolute Gasteiger partial charge is 0.272 e. The van der Waals surface area contributed by atoms with E-state index in [2.05, 4.69) is 20.6 Å². The number of carbonyl (C=O) groups excluding carboxylic acids is 1. The highest BCUT2D eigenvalue weighted by Crippen LogP contribution is 2.29. The van der Waals surface area contributed by atoms with Crippen molar-refractivity contribution in [2.45, 2.75) is 81.9 Å². The average molecular weight is 489 g/mol. The van der Waals surface area contributed by atoms with Crippen molar-refractivity contribution in [1.29, 1.82) is 0 Å². The van der Waals surface area contributed by atoms with Gasteiger partial charge in [-0.05, 0) is 63.7 Å². The molecule has 0 spiro atoms. The number of hydrogen-bond acceptors (Lipinski definition) is 7. The van der Waals surface area contributed by atoms with E-state index in [-0.39, 0.29) is 23.3 Å². The van der Waals surface area contributed by atoms with Crippen LogP contribution in [-0.4, -0.2) is 66.0 Å². The molecule has 2 saturated heterocycles. The van der Waals surface area contributed by atoms with Gasteiger partial charge >= 0.3 is 0 Å². The van der Waals surface area contributed by atoms with E-state index >= 15 is 0 Å². The molecule has 1 amide bonds. The summed E-state index contributed by atoms with van der Waals surface area (Å²) in [5.74, 6) is 0.443. The lowest BCUT2D eigenvalue weighted by Gasteiger charge is -2.23. The fraction of sp³-hybridized carbons (Fsp3) is 0.708. The molecular weight excluding hydrogens is 452 g/mol. The Labute approximate surface area is 201 Å². The maximum atomic E-state index is 13.7. The number of carbonyl (C=O) groups is 1. The Kier molecular flexibility index (Phi) is 7.06. The lowest BCUT2D eigenvalue weighted by Crippen LogP contribution is -2.43. The molecule has 2 aliphatic heterocycles. The number of piperidine rings is 1. The Morgan fingerprint density at radius 3 is 2.32 bits per heavy atom. The molecule has 1 aliphatic carbocycles. The minimum Gasteiger partial charge on any atom is -0.357 e. The van der Waals surface area contributed by atoms with Gasteiger partial charge in [-0.25, -0.2) is 13.4 Å². The van der Waals surface area contributed by atoms with Crippen molar-refractivity contribution in [2.75, 3.05) is 31.1 Å². The summed E-state index contributed by atoms with van der Waals surface area (Å²) < 4.78 is 28.4. The lowest BCUT2D eigenvalue weighted by atomic mass is 10.0. The summed E-state index contributed by atoms with van der Waals surface area (Å²) >= 11 is 0. The lowest BCUT2D eigenvalue weighted by molar-refractivity contribution is 0.0926. The third-order valence-electron chi connectivity index (χ3n) is 7.52. The molecule has 3 fully saturated rings. The minimum absolute atomic E-state index is 0.0632. The first-order chi connectivity index (χ1) is 16.5. The van der Waals surface area contributed by atoms with Crippen molar-refractivity contribution in [3.8, 4) is 0 Å². The second-order valence-electron chi connectivity index (χ2n) is 9.94. The zero-order valence-corrected chi connectivity index (χ0v) is 20.7. The Bertz CT molecular complexity index is 1110. The van der Waals surface area contributed by atoms with Gasteiger partial charge in [0, 0.05) is 19.1 Å². The molecule has 0 bridgehead atoms. The Balaban J connectivity index is 1.54. The van der Waals surface area contributed by atoms with Crippen LogP contribution in [0.5, 0.6) is 0 Å². The summed E-state index contributed by atoms with van der Waals surface area (Å²) in [6.07, 6.45) is 10.4. The summed E-state index contributed by atoms with van der Waals surface area (Å²) in [7, 11) is -3.75. The van der Waals surface area contributed by atoms with E-state index < -0.39 is 15.3 Å². The van der Waals surface area contributed by atoms with Crippen LogP contribution in [0.1, 0.15) is 81.1 Å². The number of pyridine rings is 1. The predicted molar refractivity (Wildman–Crippen MR) is 133 cm³/mol. The van der Waals surface area contributed by atoms with Gasteiger partial charge in [0.15, 0.2) is 11.3 Å². The highest BCUT2D eigenvalue weighted by Gasteiger charge is 2.34. The molecule has 10 heteroatoms. The second-order valence-corrected chi connectivity index (χ2v) is 12.0. The molecule has 0 aromatic carbocycles. The van der Waals surface area contributed by atoms with Gasteiger partial charge in [-0.1, -0.05) is 32.1 Å². The molecule has 9 nitrogen and oxygen atoms in total. The van der Waals surface area contributed by atoms with Gasteiger partial charge in [-0.3, -0.25) is 4.79 Å². The van der Waals surface area contributed by atoms with Crippen LogP contribution in [0.15, 0.2) is 12.1 Å². The van der Waals surface area contributed by atoms with E-state index in [1.54, 1.807) is 0 Å². The van der Waals surface area contributed by atoms with Gasteiger partial charge in [0.2, 0.25) is 0 Å². The summed E-state index contributed by atoms with van der Waals surface area (Å²) in [4.78, 5) is 20.3. The van der Waals surface area contributed by atoms with Gasteiger partial charge in [0.25, 0.3) is 15.9 Å². The van der Waals surface area contributed by atoms with E-state index in [0.717, 1.165) is 81.0 Å². The largest absolute Gasteiger partial charge is 0.357 e. The number of anilines is 1. The molecule has 0 atom stereocenters. The third kappa shape index (κ3) is 4.79. The first kappa shape index (κ1) is 23.5. The van der Waals surface area contributed by atoms with Crippen molar-refractivity contribution in [2.24, 2.45) is 0 Å². The fourth-order valence-corrected chi connectivity index (χ4v) is 7.29. The number of amides is 1. The Hall–Kier alpha value is -2.20. The van der Waals surface area contributed by atoms with E-state index in [4.69, 9.17) is 4.98 Å². The highest BCUT2D eigenvalue weighted by atomic mass is 32.2. The first-order valence-corrected chi connectivity index (χ1v) is 14.4. The number of nitrogens with one attached hydrogen (secondary N) is 2. The molecule has 2 N–H and O–H groups in total. The van der Waals surface area contributed by atoms with Gasteiger partial charge in [-0.2, -0.15) is 0 Å². The molecule has 5 rings (SSSR count). The van der Waals surface area contributed by atoms with Crippen LogP contribution in [0.2, 0.25) is 0 Å². The van der Waals surface area contributed by atoms with Crippen molar-refractivity contribution in [3.05, 3.63) is 17.8 Å². The molecule has 1 saturated carbocycles. The topological polar surface area (TPSA) is 109 Å². The van der Waals surface area contributed by atoms with E-state index in [1.165, 1.54) is 12.8 Å². The van der Waals surface area contributed by atoms with Crippen LogP contribution < -0.4 is 15.5 Å². The van der Waals surface area contributed by atoms with Gasteiger partial charge < -0.3 is 15.5 Å². The van der Waals surface area contributed by atoms with Crippen molar-refractivity contribution < 1.29 is 13.2 Å². The molecule has 34 heavy (non-hydrogen) atoms. The maximum absolute atomic E-state index is 13.7. The SMILES string of the molecule is O=C(NC1CCNCC1)c1nn(S(=O)(=O)C2CCCCC2)c2nc(N3CCCCCC3)ccc12. The molecular formula is C24H36N6O3S.